The Morgan fingerprint density at radius 3 is 2.59 bits per heavy atom. The van der Waals surface area contributed by atoms with Gasteiger partial charge in [-0.15, -0.1) is 0 Å². The standard InChI is InChI=1S/C24H18N4O/c29-23(26-19-12-13-20-18(15-19)9-6-14-25-20)16-28-22-11-5-4-10-21(22)27-24(28)17-7-2-1-3-8-17/h1-15H,16H2,(H,26,29). The van der Waals surface area contributed by atoms with E-state index in [1.807, 2.05) is 89.5 Å². The quantitative estimate of drug-likeness (QED) is 0.484. The van der Waals surface area contributed by atoms with E-state index in [1.165, 1.54) is 0 Å². The Balaban J connectivity index is 1.48. The van der Waals surface area contributed by atoms with E-state index in [4.69, 9.17) is 4.98 Å². The molecule has 2 heterocycles. The van der Waals surface area contributed by atoms with Crippen LogP contribution in [-0.4, -0.2) is 20.4 Å². The molecule has 29 heavy (non-hydrogen) atoms. The fraction of sp³-hybridized carbons (Fsp3) is 0.0417. The van der Waals surface area contributed by atoms with Crippen molar-refractivity contribution in [2.45, 2.75) is 6.54 Å². The van der Waals surface area contributed by atoms with Gasteiger partial charge in [0.1, 0.15) is 12.4 Å². The molecule has 0 aliphatic heterocycles. The molecule has 0 unspecified atom stereocenters. The minimum absolute atomic E-state index is 0.103. The van der Waals surface area contributed by atoms with Crippen LogP contribution in [-0.2, 0) is 11.3 Å². The molecule has 0 atom stereocenters. The molecule has 0 bridgehead atoms. The molecule has 140 valence electrons. The van der Waals surface area contributed by atoms with Gasteiger partial charge in [0.2, 0.25) is 5.91 Å². The monoisotopic (exact) mass is 378 g/mol. The summed E-state index contributed by atoms with van der Waals surface area (Å²) in [6.45, 7) is 0.176. The number of hydrogen-bond acceptors (Lipinski definition) is 3. The molecular weight excluding hydrogens is 360 g/mol. The van der Waals surface area contributed by atoms with Crippen LogP contribution in [0.5, 0.6) is 0 Å². The Kier molecular flexibility index (Phi) is 4.26. The zero-order valence-corrected chi connectivity index (χ0v) is 15.6. The van der Waals surface area contributed by atoms with E-state index >= 15 is 0 Å². The third-order valence-electron chi connectivity index (χ3n) is 4.88. The molecule has 1 N–H and O–H groups in total. The number of imidazole rings is 1. The number of nitrogens with one attached hydrogen (secondary N) is 1. The third kappa shape index (κ3) is 3.34. The Morgan fingerprint density at radius 2 is 1.69 bits per heavy atom. The molecule has 5 heteroatoms. The number of rotatable bonds is 4. The van der Waals surface area contributed by atoms with Crippen molar-refractivity contribution in [2.75, 3.05) is 5.32 Å². The fourth-order valence-electron chi connectivity index (χ4n) is 3.54. The summed E-state index contributed by atoms with van der Waals surface area (Å²) in [5, 5.41) is 3.99. The summed E-state index contributed by atoms with van der Waals surface area (Å²) in [4.78, 5) is 21.9. The lowest BCUT2D eigenvalue weighted by molar-refractivity contribution is -0.116. The highest BCUT2D eigenvalue weighted by molar-refractivity contribution is 5.95. The van der Waals surface area contributed by atoms with Crippen LogP contribution in [0.3, 0.4) is 0 Å². The molecule has 3 aromatic carbocycles. The zero-order chi connectivity index (χ0) is 19.6. The lowest BCUT2D eigenvalue weighted by Gasteiger charge is -2.11. The number of anilines is 1. The average Bonchev–Trinajstić information content (AvgIpc) is 3.12. The first-order valence-corrected chi connectivity index (χ1v) is 9.43. The Morgan fingerprint density at radius 1 is 0.862 bits per heavy atom. The maximum atomic E-state index is 12.9. The van der Waals surface area contributed by atoms with Crippen LogP contribution in [0.2, 0.25) is 0 Å². The highest BCUT2D eigenvalue weighted by Gasteiger charge is 2.15. The number of aromatic nitrogens is 3. The largest absolute Gasteiger partial charge is 0.325 e. The van der Waals surface area contributed by atoms with Gasteiger partial charge < -0.3 is 9.88 Å². The van der Waals surface area contributed by atoms with Crippen LogP contribution >= 0.6 is 0 Å². The summed E-state index contributed by atoms with van der Waals surface area (Å²) in [7, 11) is 0. The van der Waals surface area contributed by atoms with Crippen molar-refractivity contribution in [1.82, 2.24) is 14.5 Å². The number of carbonyl (C=O) groups is 1. The first-order chi connectivity index (χ1) is 14.3. The summed E-state index contributed by atoms with van der Waals surface area (Å²) >= 11 is 0. The predicted molar refractivity (Wildman–Crippen MR) is 116 cm³/mol. The van der Waals surface area contributed by atoms with Crippen molar-refractivity contribution in [1.29, 1.82) is 0 Å². The molecule has 5 nitrogen and oxygen atoms in total. The van der Waals surface area contributed by atoms with Crippen LogP contribution in [0.1, 0.15) is 0 Å². The zero-order valence-electron chi connectivity index (χ0n) is 15.6. The number of fused-ring (bicyclic) bond motifs is 2. The van der Waals surface area contributed by atoms with Gasteiger partial charge in [-0.3, -0.25) is 9.78 Å². The molecule has 0 aliphatic carbocycles. The normalized spacial score (nSPS) is 11.0. The minimum atomic E-state index is -0.103. The topological polar surface area (TPSA) is 59.8 Å². The highest BCUT2D eigenvalue weighted by Crippen LogP contribution is 2.25. The van der Waals surface area contributed by atoms with E-state index in [0.29, 0.717) is 0 Å². The Labute approximate surface area is 167 Å². The molecule has 0 saturated carbocycles. The van der Waals surface area contributed by atoms with Crippen molar-refractivity contribution < 1.29 is 4.79 Å². The molecule has 2 aromatic heterocycles. The molecule has 0 spiro atoms. The second-order valence-corrected chi connectivity index (χ2v) is 6.84. The van der Waals surface area contributed by atoms with Gasteiger partial charge in [0, 0.05) is 22.8 Å². The molecule has 5 rings (SSSR count). The molecule has 0 saturated heterocycles. The smallest absolute Gasteiger partial charge is 0.244 e. The van der Waals surface area contributed by atoms with Gasteiger partial charge in [-0.1, -0.05) is 48.5 Å². The van der Waals surface area contributed by atoms with Crippen molar-refractivity contribution in [3.05, 3.63) is 91.1 Å². The van der Waals surface area contributed by atoms with E-state index in [1.54, 1.807) is 6.20 Å². The molecule has 0 aliphatic rings. The number of pyridine rings is 1. The van der Waals surface area contributed by atoms with Crippen molar-refractivity contribution in [3.63, 3.8) is 0 Å². The number of carbonyl (C=O) groups excluding carboxylic acids is 1. The number of para-hydroxylation sites is 2. The van der Waals surface area contributed by atoms with E-state index in [0.717, 1.165) is 39.0 Å². The highest BCUT2D eigenvalue weighted by atomic mass is 16.1. The lowest BCUT2D eigenvalue weighted by atomic mass is 10.2. The van der Waals surface area contributed by atoms with Crippen LogP contribution in [0, 0.1) is 0 Å². The minimum Gasteiger partial charge on any atom is -0.325 e. The maximum Gasteiger partial charge on any atom is 0.244 e. The van der Waals surface area contributed by atoms with Crippen molar-refractivity contribution in [2.24, 2.45) is 0 Å². The third-order valence-corrected chi connectivity index (χ3v) is 4.88. The average molecular weight is 378 g/mol. The van der Waals surface area contributed by atoms with Crippen LogP contribution in [0.25, 0.3) is 33.3 Å². The van der Waals surface area contributed by atoms with Crippen LogP contribution in [0.15, 0.2) is 91.1 Å². The molecule has 1 amide bonds. The fourth-order valence-corrected chi connectivity index (χ4v) is 3.54. The molecule has 0 fully saturated rings. The maximum absolute atomic E-state index is 12.9. The summed E-state index contributed by atoms with van der Waals surface area (Å²) < 4.78 is 1.96. The first-order valence-electron chi connectivity index (χ1n) is 9.43. The second-order valence-electron chi connectivity index (χ2n) is 6.84. The Bertz CT molecular complexity index is 1320. The van der Waals surface area contributed by atoms with Crippen LogP contribution < -0.4 is 5.32 Å². The van der Waals surface area contributed by atoms with Gasteiger partial charge in [-0.05, 0) is 36.4 Å². The van der Waals surface area contributed by atoms with Crippen molar-refractivity contribution in [3.8, 4) is 11.4 Å². The van der Waals surface area contributed by atoms with Crippen molar-refractivity contribution >= 4 is 33.5 Å². The summed E-state index contributed by atoms with van der Waals surface area (Å²) in [5.41, 5.74) is 4.44. The SMILES string of the molecule is O=C(Cn1c(-c2ccccc2)nc2ccccc21)Nc1ccc2ncccc2c1. The summed E-state index contributed by atoms with van der Waals surface area (Å²) in [6.07, 6.45) is 1.76. The predicted octanol–water partition coefficient (Wildman–Crippen LogP) is 4.89. The van der Waals surface area contributed by atoms with Gasteiger partial charge in [-0.25, -0.2) is 4.98 Å². The molecule has 0 radical (unpaired) electrons. The van der Waals surface area contributed by atoms with Gasteiger partial charge in [0.25, 0.3) is 0 Å². The number of amides is 1. The van der Waals surface area contributed by atoms with Gasteiger partial charge in [0.15, 0.2) is 0 Å². The van der Waals surface area contributed by atoms with E-state index < -0.39 is 0 Å². The van der Waals surface area contributed by atoms with Gasteiger partial charge in [-0.2, -0.15) is 0 Å². The second kappa shape index (κ2) is 7.20. The Hall–Kier alpha value is -3.99. The lowest BCUT2D eigenvalue weighted by Crippen LogP contribution is -2.19. The van der Waals surface area contributed by atoms with Crippen LogP contribution in [0.4, 0.5) is 5.69 Å². The summed E-state index contributed by atoms with van der Waals surface area (Å²) in [5.74, 6) is 0.679. The van der Waals surface area contributed by atoms with E-state index in [2.05, 4.69) is 10.3 Å². The van der Waals surface area contributed by atoms with Gasteiger partial charge in [0.05, 0.1) is 16.6 Å². The molecule has 5 aromatic rings. The number of benzene rings is 3. The van der Waals surface area contributed by atoms with E-state index in [9.17, 15) is 4.79 Å². The van der Waals surface area contributed by atoms with E-state index in [-0.39, 0.29) is 12.5 Å². The number of hydrogen-bond donors (Lipinski definition) is 1. The first kappa shape index (κ1) is 17.1. The molecular formula is C24H18N4O. The number of nitrogens with zero attached hydrogens (tertiary/aromatic N) is 3. The van der Waals surface area contributed by atoms with Gasteiger partial charge >= 0.3 is 0 Å². The summed E-state index contributed by atoms with van der Waals surface area (Å²) in [6, 6.07) is 27.4.